The minimum Gasteiger partial charge on any atom is -0.383 e. The SMILES string of the molecule is N#CCCn1cc2c(N)nc3cc(-c4cc[nH]n4)ccc3c2n1. The van der Waals surface area contributed by atoms with Crippen LogP contribution >= 0.6 is 0 Å². The van der Waals surface area contributed by atoms with E-state index in [-0.39, 0.29) is 0 Å². The average molecular weight is 303 g/mol. The second-order valence-corrected chi connectivity index (χ2v) is 5.25. The third-order valence-electron chi connectivity index (χ3n) is 3.78. The molecule has 0 saturated heterocycles. The second kappa shape index (κ2) is 5.10. The van der Waals surface area contributed by atoms with Gasteiger partial charge in [0.25, 0.3) is 0 Å². The van der Waals surface area contributed by atoms with Crippen LogP contribution in [0.15, 0.2) is 36.7 Å². The Labute approximate surface area is 131 Å². The normalized spacial score (nSPS) is 11.1. The zero-order valence-electron chi connectivity index (χ0n) is 12.2. The number of rotatable bonds is 3. The first kappa shape index (κ1) is 13.3. The van der Waals surface area contributed by atoms with Gasteiger partial charge in [-0.05, 0) is 18.2 Å². The van der Waals surface area contributed by atoms with Crippen molar-refractivity contribution >= 4 is 27.6 Å². The van der Waals surface area contributed by atoms with Gasteiger partial charge in [0.1, 0.15) is 11.3 Å². The van der Waals surface area contributed by atoms with Crippen LogP contribution in [-0.2, 0) is 6.54 Å². The van der Waals surface area contributed by atoms with Gasteiger partial charge in [-0.2, -0.15) is 15.5 Å². The molecule has 0 aliphatic rings. The summed E-state index contributed by atoms with van der Waals surface area (Å²) in [7, 11) is 0. The van der Waals surface area contributed by atoms with Gasteiger partial charge in [0.2, 0.25) is 0 Å². The van der Waals surface area contributed by atoms with E-state index >= 15 is 0 Å². The number of aromatic amines is 1. The molecule has 0 spiro atoms. The lowest BCUT2D eigenvalue weighted by Gasteiger charge is -2.03. The number of aryl methyl sites for hydroxylation is 1. The Bertz CT molecular complexity index is 1040. The van der Waals surface area contributed by atoms with Crippen molar-refractivity contribution < 1.29 is 0 Å². The van der Waals surface area contributed by atoms with E-state index in [1.54, 1.807) is 10.9 Å². The number of aromatic nitrogens is 5. The van der Waals surface area contributed by atoms with E-state index in [1.807, 2.05) is 30.5 Å². The molecule has 4 rings (SSSR count). The number of anilines is 1. The lowest BCUT2D eigenvalue weighted by Crippen LogP contribution is -1.96. The van der Waals surface area contributed by atoms with Crippen molar-refractivity contribution in [1.82, 2.24) is 25.0 Å². The van der Waals surface area contributed by atoms with E-state index in [4.69, 9.17) is 11.0 Å². The van der Waals surface area contributed by atoms with Crippen LogP contribution in [0.3, 0.4) is 0 Å². The van der Waals surface area contributed by atoms with Crippen molar-refractivity contribution in [3.05, 3.63) is 36.7 Å². The third-order valence-corrected chi connectivity index (χ3v) is 3.78. The first-order valence-electron chi connectivity index (χ1n) is 7.20. The van der Waals surface area contributed by atoms with Crippen LogP contribution in [-0.4, -0.2) is 25.0 Å². The minimum atomic E-state index is 0.405. The third kappa shape index (κ3) is 2.17. The zero-order chi connectivity index (χ0) is 15.8. The summed E-state index contributed by atoms with van der Waals surface area (Å²) >= 11 is 0. The molecule has 112 valence electrons. The van der Waals surface area contributed by atoms with Crippen molar-refractivity contribution in [1.29, 1.82) is 5.26 Å². The fourth-order valence-corrected chi connectivity index (χ4v) is 2.68. The lowest BCUT2D eigenvalue weighted by atomic mass is 10.1. The highest BCUT2D eigenvalue weighted by molar-refractivity contribution is 6.08. The second-order valence-electron chi connectivity index (χ2n) is 5.25. The molecule has 3 heterocycles. The number of hydrogen-bond acceptors (Lipinski definition) is 5. The first-order valence-corrected chi connectivity index (χ1v) is 7.20. The summed E-state index contributed by atoms with van der Waals surface area (Å²) in [5.74, 6) is 0.440. The number of benzene rings is 1. The Morgan fingerprint density at radius 1 is 1.26 bits per heavy atom. The molecular weight excluding hydrogens is 290 g/mol. The number of hydrogen-bond donors (Lipinski definition) is 2. The fraction of sp³-hybridized carbons (Fsp3) is 0.125. The molecule has 0 unspecified atom stereocenters. The summed E-state index contributed by atoms with van der Waals surface area (Å²) < 4.78 is 1.74. The molecule has 0 amide bonds. The number of nitrogens with two attached hydrogens (primary N) is 1. The highest BCUT2D eigenvalue weighted by atomic mass is 15.3. The Morgan fingerprint density at radius 3 is 2.96 bits per heavy atom. The van der Waals surface area contributed by atoms with E-state index < -0.39 is 0 Å². The monoisotopic (exact) mass is 303 g/mol. The molecule has 7 nitrogen and oxygen atoms in total. The highest BCUT2D eigenvalue weighted by Crippen LogP contribution is 2.29. The molecule has 0 fully saturated rings. The minimum absolute atomic E-state index is 0.405. The highest BCUT2D eigenvalue weighted by Gasteiger charge is 2.12. The van der Waals surface area contributed by atoms with Gasteiger partial charge < -0.3 is 5.73 Å². The van der Waals surface area contributed by atoms with Crippen LogP contribution < -0.4 is 5.73 Å². The molecule has 23 heavy (non-hydrogen) atoms. The number of nitriles is 1. The lowest BCUT2D eigenvalue weighted by molar-refractivity contribution is 0.635. The summed E-state index contributed by atoms with van der Waals surface area (Å²) in [6, 6.07) is 9.95. The molecule has 0 radical (unpaired) electrons. The molecule has 0 bridgehead atoms. The van der Waals surface area contributed by atoms with Crippen molar-refractivity contribution in [3.63, 3.8) is 0 Å². The van der Waals surface area contributed by atoms with Crippen LogP contribution in [0.5, 0.6) is 0 Å². The maximum absolute atomic E-state index is 8.71. The van der Waals surface area contributed by atoms with E-state index in [0.717, 1.165) is 33.1 Å². The summed E-state index contributed by atoms with van der Waals surface area (Å²) in [6.07, 6.45) is 4.03. The Kier molecular flexibility index (Phi) is 2.95. The number of H-pyrrole nitrogens is 1. The molecule has 3 N–H and O–H groups in total. The van der Waals surface area contributed by atoms with Gasteiger partial charge in [0.05, 0.1) is 35.6 Å². The molecule has 0 saturated carbocycles. The smallest absolute Gasteiger partial charge is 0.135 e. The van der Waals surface area contributed by atoms with E-state index in [1.165, 1.54) is 0 Å². The zero-order valence-corrected chi connectivity index (χ0v) is 12.2. The largest absolute Gasteiger partial charge is 0.383 e. The standard InChI is InChI=1S/C16H13N7/c17-5-1-7-23-9-12-15(22-23)11-3-2-10(13-4-6-19-21-13)8-14(11)20-16(12)18/h2-4,6,8-9H,1,7H2,(H2,18,20)(H,19,21). The maximum atomic E-state index is 8.71. The Balaban J connectivity index is 1.91. The summed E-state index contributed by atoms with van der Waals surface area (Å²) in [6.45, 7) is 0.539. The predicted molar refractivity (Wildman–Crippen MR) is 87.3 cm³/mol. The van der Waals surface area contributed by atoms with Crippen LogP contribution in [0.25, 0.3) is 33.1 Å². The number of nitrogens with zero attached hydrogens (tertiary/aromatic N) is 5. The van der Waals surface area contributed by atoms with Gasteiger partial charge in [-0.3, -0.25) is 9.78 Å². The molecular formula is C16H13N7. The number of pyridine rings is 1. The number of fused-ring (bicyclic) bond motifs is 3. The first-order chi connectivity index (χ1) is 11.3. The van der Waals surface area contributed by atoms with Gasteiger partial charge in [-0.1, -0.05) is 6.07 Å². The predicted octanol–water partition coefficient (Wildman–Crippen LogP) is 2.47. The number of nitrogen functional groups attached to an aromatic ring is 1. The summed E-state index contributed by atoms with van der Waals surface area (Å²) in [4.78, 5) is 4.49. The molecule has 7 heteroatoms. The fourth-order valence-electron chi connectivity index (χ4n) is 2.68. The van der Waals surface area contributed by atoms with Crippen LogP contribution in [0.4, 0.5) is 5.82 Å². The topological polar surface area (TPSA) is 109 Å². The van der Waals surface area contributed by atoms with Crippen molar-refractivity contribution in [2.24, 2.45) is 0 Å². The van der Waals surface area contributed by atoms with Crippen LogP contribution in [0.1, 0.15) is 6.42 Å². The van der Waals surface area contributed by atoms with Crippen LogP contribution in [0.2, 0.25) is 0 Å². The quantitative estimate of drug-likeness (QED) is 0.604. The molecule has 4 aromatic rings. The van der Waals surface area contributed by atoms with Gasteiger partial charge in [-0.25, -0.2) is 4.98 Å². The Hall–Kier alpha value is -3.40. The summed E-state index contributed by atoms with van der Waals surface area (Å²) in [5.41, 5.74) is 9.49. The van der Waals surface area contributed by atoms with Crippen molar-refractivity contribution in [2.45, 2.75) is 13.0 Å². The molecule has 0 aliphatic carbocycles. The maximum Gasteiger partial charge on any atom is 0.135 e. The van der Waals surface area contributed by atoms with Gasteiger partial charge in [0.15, 0.2) is 0 Å². The van der Waals surface area contributed by atoms with Crippen LogP contribution in [0, 0.1) is 11.3 Å². The van der Waals surface area contributed by atoms with Crippen molar-refractivity contribution in [2.75, 3.05) is 5.73 Å². The molecule has 0 aliphatic heterocycles. The molecule has 0 atom stereocenters. The van der Waals surface area contributed by atoms with Gasteiger partial charge >= 0.3 is 0 Å². The number of nitrogens with one attached hydrogen (secondary N) is 1. The van der Waals surface area contributed by atoms with Crippen molar-refractivity contribution in [3.8, 4) is 17.3 Å². The van der Waals surface area contributed by atoms with E-state index in [9.17, 15) is 0 Å². The average Bonchev–Trinajstić information content (AvgIpc) is 3.22. The van der Waals surface area contributed by atoms with E-state index in [0.29, 0.717) is 18.8 Å². The Morgan fingerprint density at radius 2 is 2.17 bits per heavy atom. The van der Waals surface area contributed by atoms with Gasteiger partial charge in [-0.15, -0.1) is 0 Å². The molecule has 1 aromatic carbocycles. The summed E-state index contributed by atoms with van der Waals surface area (Å²) in [5, 5.41) is 22.0. The van der Waals surface area contributed by atoms with Gasteiger partial charge in [0, 0.05) is 23.3 Å². The molecule has 3 aromatic heterocycles. The van der Waals surface area contributed by atoms with E-state index in [2.05, 4.69) is 26.3 Å².